The van der Waals surface area contributed by atoms with Crippen molar-refractivity contribution in [2.45, 2.75) is 6.42 Å². The molecule has 0 aromatic heterocycles. The molecular formula is C9H11BGeO3. The smallest absolute Gasteiger partial charge is 0.512 e. The van der Waals surface area contributed by atoms with Crippen LogP contribution in [-0.4, -0.2) is 38.1 Å². The average Bonchev–Trinajstić information content (AvgIpc) is 2.21. The molecule has 72 valence electrons. The van der Waals surface area contributed by atoms with Crippen molar-refractivity contribution in [3.8, 4) is 5.75 Å². The summed E-state index contributed by atoms with van der Waals surface area (Å²) in [7, 11) is -0.531. The SMILES string of the molecule is [Ge].c1ccc(OB2OCCCO2)cc1. The number of hydrogen-bond donors (Lipinski definition) is 0. The number of para-hydroxylation sites is 1. The zero-order valence-corrected chi connectivity index (χ0v) is 9.91. The summed E-state index contributed by atoms with van der Waals surface area (Å²) in [5, 5.41) is 0. The van der Waals surface area contributed by atoms with Crippen LogP contribution in [0.15, 0.2) is 30.3 Å². The summed E-state index contributed by atoms with van der Waals surface area (Å²) >= 11 is 0. The van der Waals surface area contributed by atoms with Crippen LogP contribution in [0.1, 0.15) is 6.42 Å². The van der Waals surface area contributed by atoms with Gasteiger partial charge in [-0.25, -0.2) is 0 Å². The van der Waals surface area contributed by atoms with Crippen LogP contribution in [0.2, 0.25) is 0 Å². The van der Waals surface area contributed by atoms with Crippen molar-refractivity contribution in [2.24, 2.45) is 0 Å². The van der Waals surface area contributed by atoms with Gasteiger partial charge in [-0.15, -0.1) is 0 Å². The molecule has 0 amide bonds. The summed E-state index contributed by atoms with van der Waals surface area (Å²) in [6, 6.07) is 9.52. The predicted molar refractivity (Wildman–Crippen MR) is 55.1 cm³/mol. The van der Waals surface area contributed by atoms with Gasteiger partial charge in [0.25, 0.3) is 0 Å². The van der Waals surface area contributed by atoms with E-state index < -0.39 is 7.32 Å². The van der Waals surface area contributed by atoms with Gasteiger partial charge in [-0.05, 0) is 18.6 Å². The zero-order valence-electron chi connectivity index (χ0n) is 7.81. The zero-order chi connectivity index (χ0) is 8.93. The molecule has 1 aliphatic rings. The molecule has 1 aromatic carbocycles. The van der Waals surface area contributed by atoms with E-state index in [0.717, 1.165) is 12.2 Å². The van der Waals surface area contributed by atoms with Gasteiger partial charge in [-0.1, -0.05) is 18.2 Å². The molecule has 2 rings (SSSR count). The predicted octanol–water partition coefficient (Wildman–Crippen LogP) is 1.11. The minimum Gasteiger partial charge on any atom is -0.512 e. The van der Waals surface area contributed by atoms with Gasteiger partial charge in [-0.3, -0.25) is 0 Å². The van der Waals surface area contributed by atoms with Crippen LogP contribution in [-0.2, 0) is 9.31 Å². The molecule has 3 nitrogen and oxygen atoms in total. The molecule has 0 aliphatic carbocycles. The molecule has 1 heterocycles. The second kappa shape index (κ2) is 6.11. The van der Waals surface area contributed by atoms with Gasteiger partial charge in [0.1, 0.15) is 5.75 Å². The Morgan fingerprint density at radius 2 is 1.71 bits per heavy atom. The third-order valence-corrected chi connectivity index (χ3v) is 1.77. The van der Waals surface area contributed by atoms with E-state index >= 15 is 0 Å². The molecule has 1 saturated heterocycles. The normalized spacial score (nSPS) is 15.9. The number of hydrogen-bond acceptors (Lipinski definition) is 3. The van der Waals surface area contributed by atoms with Crippen molar-refractivity contribution < 1.29 is 14.0 Å². The van der Waals surface area contributed by atoms with Crippen LogP contribution in [0.5, 0.6) is 5.75 Å². The Balaban J connectivity index is 0.000000980. The first-order valence-electron chi connectivity index (χ1n) is 4.40. The third kappa shape index (κ3) is 3.36. The van der Waals surface area contributed by atoms with Crippen LogP contribution < -0.4 is 4.65 Å². The first-order valence-corrected chi connectivity index (χ1v) is 4.40. The van der Waals surface area contributed by atoms with Gasteiger partial charge in [-0.2, -0.15) is 0 Å². The standard InChI is InChI=1S/C9H11BO3.Ge/c1-2-5-9(6-3-1)13-10-11-7-4-8-12-10;/h1-3,5-6H,4,7-8H2;. The summed E-state index contributed by atoms with van der Waals surface area (Å²) in [5.41, 5.74) is 0. The first-order chi connectivity index (χ1) is 6.45. The Morgan fingerprint density at radius 3 is 2.36 bits per heavy atom. The Hall–Kier alpha value is -0.452. The number of benzene rings is 1. The van der Waals surface area contributed by atoms with Crippen molar-refractivity contribution in [1.29, 1.82) is 0 Å². The van der Waals surface area contributed by atoms with Crippen LogP contribution >= 0.6 is 0 Å². The molecule has 0 N–H and O–H groups in total. The fourth-order valence-electron chi connectivity index (χ4n) is 1.14. The minimum absolute atomic E-state index is 0. The second-order valence-electron chi connectivity index (χ2n) is 2.81. The van der Waals surface area contributed by atoms with E-state index in [1.807, 2.05) is 30.3 Å². The Kier molecular flexibility index (Phi) is 5.07. The van der Waals surface area contributed by atoms with Crippen LogP contribution in [0, 0.1) is 0 Å². The Morgan fingerprint density at radius 1 is 1.07 bits per heavy atom. The summed E-state index contributed by atoms with van der Waals surface area (Å²) in [5.74, 6) is 0.773. The molecule has 0 spiro atoms. The van der Waals surface area contributed by atoms with Crippen LogP contribution in [0.4, 0.5) is 0 Å². The molecule has 1 fully saturated rings. The molecular weight excluding hydrogens is 240 g/mol. The minimum atomic E-state index is -0.531. The first kappa shape index (κ1) is 11.6. The maximum Gasteiger partial charge on any atom is 0.713 e. The van der Waals surface area contributed by atoms with Crippen molar-refractivity contribution in [3.63, 3.8) is 0 Å². The molecule has 14 heavy (non-hydrogen) atoms. The fraction of sp³-hybridized carbons (Fsp3) is 0.333. The van der Waals surface area contributed by atoms with E-state index in [1.54, 1.807) is 0 Å². The largest absolute Gasteiger partial charge is 0.713 e. The molecule has 0 bridgehead atoms. The van der Waals surface area contributed by atoms with Gasteiger partial charge in [0, 0.05) is 30.8 Å². The van der Waals surface area contributed by atoms with E-state index in [2.05, 4.69) is 0 Å². The summed E-state index contributed by atoms with van der Waals surface area (Å²) in [4.78, 5) is 0. The van der Waals surface area contributed by atoms with Gasteiger partial charge >= 0.3 is 7.32 Å². The van der Waals surface area contributed by atoms with E-state index in [4.69, 9.17) is 14.0 Å². The van der Waals surface area contributed by atoms with Crippen molar-refractivity contribution in [1.82, 2.24) is 0 Å². The maximum atomic E-state index is 5.41. The van der Waals surface area contributed by atoms with E-state index in [-0.39, 0.29) is 17.6 Å². The van der Waals surface area contributed by atoms with Crippen molar-refractivity contribution in [2.75, 3.05) is 13.2 Å². The fourth-order valence-corrected chi connectivity index (χ4v) is 1.14. The third-order valence-electron chi connectivity index (χ3n) is 1.77. The molecule has 4 radical (unpaired) electrons. The average molecular weight is 251 g/mol. The van der Waals surface area contributed by atoms with Crippen LogP contribution in [0.25, 0.3) is 0 Å². The van der Waals surface area contributed by atoms with Gasteiger partial charge < -0.3 is 14.0 Å². The molecule has 5 heteroatoms. The summed E-state index contributed by atoms with van der Waals surface area (Å²) < 4.78 is 15.9. The Labute approximate surface area is 94.9 Å². The summed E-state index contributed by atoms with van der Waals surface area (Å²) in [6.45, 7) is 1.41. The molecule has 1 aliphatic heterocycles. The quantitative estimate of drug-likeness (QED) is 0.736. The summed E-state index contributed by atoms with van der Waals surface area (Å²) in [6.07, 6.45) is 0.939. The number of rotatable bonds is 2. The van der Waals surface area contributed by atoms with E-state index in [9.17, 15) is 0 Å². The van der Waals surface area contributed by atoms with Gasteiger partial charge in [0.15, 0.2) is 0 Å². The van der Waals surface area contributed by atoms with Crippen molar-refractivity contribution in [3.05, 3.63) is 30.3 Å². The van der Waals surface area contributed by atoms with E-state index in [1.165, 1.54) is 0 Å². The molecule has 0 saturated carbocycles. The molecule has 1 aromatic rings. The van der Waals surface area contributed by atoms with Gasteiger partial charge in [0.05, 0.1) is 0 Å². The Bertz CT molecular complexity index is 251. The van der Waals surface area contributed by atoms with Gasteiger partial charge in [0.2, 0.25) is 0 Å². The monoisotopic (exact) mass is 252 g/mol. The second-order valence-corrected chi connectivity index (χ2v) is 2.81. The van der Waals surface area contributed by atoms with E-state index in [0.29, 0.717) is 13.2 Å². The van der Waals surface area contributed by atoms with Crippen molar-refractivity contribution >= 4 is 24.9 Å². The maximum absolute atomic E-state index is 5.41. The van der Waals surface area contributed by atoms with Crippen LogP contribution in [0.3, 0.4) is 0 Å². The molecule has 0 unspecified atom stereocenters. The molecule has 0 atom stereocenters. The topological polar surface area (TPSA) is 27.7 Å².